The van der Waals surface area contributed by atoms with Gasteiger partial charge in [0.25, 0.3) is 5.91 Å². The number of carbonyl (C=O) groups excluding carboxylic acids is 1. The number of methoxy groups -OCH3 is 2. The van der Waals surface area contributed by atoms with Crippen molar-refractivity contribution in [3.05, 3.63) is 41.4 Å². The number of rotatable bonds is 6. The van der Waals surface area contributed by atoms with Gasteiger partial charge in [-0.05, 0) is 19.1 Å². The molecule has 0 aliphatic heterocycles. The van der Waals surface area contributed by atoms with Crippen molar-refractivity contribution in [2.24, 2.45) is 7.05 Å². The normalized spacial score (nSPS) is 11.8. The smallest absolute Gasteiger partial charge is 0.271 e. The Kier molecular flexibility index (Phi) is 5.17. The Morgan fingerprint density at radius 2 is 2.12 bits per heavy atom. The van der Waals surface area contributed by atoms with Crippen LogP contribution in [0.25, 0.3) is 10.6 Å². The third-order valence-electron chi connectivity index (χ3n) is 3.85. The van der Waals surface area contributed by atoms with Gasteiger partial charge in [-0.2, -0.15) is 0 Å². The summed E-state index contributed by atoms with van der Waals surface area (Å²) in [5.74, 6) is 1.60. The number of amides is 1. The summed E-state index contributed by atoms with van der Waals surface area (Å²) in [6.07, 6.45) is 1.59. The van der Waals surface area contributed by atoms with E-state index in [1.807, 2.05) is 32.2 Å². The van der Waals surface area contributed by atoms with E-state index >= 15 is 0 Å². The van der Waals surface area contributed by atoms with Crippen molar-refractivity contribution in [3.63, 3.8) is 0 Å². The van der Waals surface area contributed by atoms with Gasteiger partial charge in [0.2, 0.25) is 0 Å². The third kappa shape index (κ3) is 3.38. The number of aryl methyl sites for hydroxylation is 1. The number of ether oxygens (including phenoxy) is 2. The number of aromatic nitrogens is 4. The number of hydrogen-bond acceptors (Lipinski definition) is 7. The van der Waals surface area contributed by atoms with Crippen molar-refractivity contribution in [2.75, 3.05) is 14.2 Å². The van der Waals surface area contributed by atoms with Crippen LogP contribution in [0.3, 0.4) is 0 Å². The summed E-state index contributed by atoms with van der Waals surface area (Å²) < 4.78 is 12.5. The van der Waals surface area contributed by atoms with E-state index in [9.17, 15) is 4.79 Å². The summed E-state index contributed by atoms with van der Waals surface area (Å²) >= 11 is 1.37. The molecule has 136 valence electrons. The van der Waals surface area contributed by atoms with Crippen molar-refractivity contribution < 1.29 is 14.3 Å². The minimum atomic E-state index is -0.286. The van der Waals surface area contributed by atoms with Gasteiger partial charge < -0.3 is 19.4 Å². The Labute approximate surface area is 154 Å². The summed E-state index contributed by atoms with van der Waals surface area (Å²) in [5.41, 5.74) is 1.11. The third-order valence-corrected chi connectivity index (χ3v) is 4.73. The van der Waals surface area contributed by atoms with Gasteiger partial charge in [-0.3, -0.25) is 4.79 Å². The van der Waals surface area contributed by atoms with Crippen molar-refractivity contribution >= 4 is 17.2 Å². The molecule has 2 aromatic heterocycles. The predicted molar refractivity (Wildman–Crippen MR) is 97.5 cm³/mol. The van der Waals surface area contributed by atoms with Crippen LogP contribution >= 0.6 is 11.3 Å². The lowest BCUT2D eigenvalue weighted by atomic mass is 10.2. The van der Waals surface area contributed by atoms with Crippen LogP contribution in [0.15, 0.2) is 29.9 Å². The second-order valence-corrected chi connectivity index (χ2v) is 6.43. The standard InChI is InChI=1S/C17H19N5O3S/c1-10(15-21-18-9-22(15)2)19-16(23)12-8-26-17(20-12)11-6-5-7-13(24-3)14(11)25-4/h5-10H,1-4H3,(H,19,23)/t10-/m0/s1. The summed E-state index contributed by atoms with van der Waals surface area (Å²) in [5, 5.41) is 13.1. The fourth-order valence-electron chi connectivity index (χ4n) is 2.58. The lowest BCUT2D eigenvalue weighted by molar-refractivity contribution is 0.0933. The first-order valence-corrected chi connectivity index (χ1v) is 8.74. The average Bonchev–Trinajstić information content (AvgIpc) is 3.29. The molecular formula is C17H19N5O3S. The topological polar surface area (TPSA) is 91.2 Å². The van der Waals surface area contributed by atoms with Crippen LogP contribution in [0.2, 0.25) is 0 Å². The number of nitrogens with zero attached hydrogens (tertiary/aromatic N) is 4. The molecule has 1 atom stereocenters. The Bertz CT molecular complexity index is 921. The molecule has 3 aromatic rings. The van der Waals surface area contributed by atoms with E-state index in [1.54, 1.807) is 30.5 Å². The predicted octanol–water partition coefficient (Wildman–Crippen LogP) is 2.45. The quantitative estimate of drug-likeness (QED) is 0.714. The molecule has 0 aliphatic rings. The lowest BCUT2D eigenvalue weighted by Crippen LogP contribution is -2.28. The monoisotopic (exact) mass is 373 g/mol. The van der Waals surface area contributed by atoms with E-state index in [-0.39, 0.29) is 11.9 Å². The second kappa shape index (κ2) is 7.52. The Morgan fingerprint density at radius 1 is 1.31 bits per heavy atom. The number of nitrogens with one attached hydrogen (secondary N) is 1. The molecule has 0 bridgehead atoms. The molecule has 1 aromatic carbocycles. The first-order chi connectivity index (χ1) is 12.5. The van der Waals surface area contributed by atoms with Crippen molar-refractivity contribution in [3.8, 4) is 22.1 Å². The molecule has 0 spiro atoms. The van der Waals surface area contributed by atoms with Crippen LogP contribution in [0.5, 0.6) is 11.5 Å². The zero-order valence-corrected chi connectivity index (χ0v) is 15.7. The van der Waals surface area contributed by atoms with E-state index in [4.69, 9.17) is 9.47 Å². The number of thiazole rings is 1. The Balaban J connectivity index is 1.82. The lowest BCUT2D eigenvalue weighted by Gasteiger charge is -2.12. The van der Waals surface area contributed by atoms with Crippen LogP contribution in [0.1, 0.15) is 29.3 Å². The highest BCUT2D eigenvalue weighted by atomic mass is 32.1. The molecule has 1 N–H and O–H groups in total. The van der Waals surface area contributed by atoms with Crippen LogP contribution in [0.4, 0.5) is 0 Å². The van der Waals surface area contributed by atoms with Crippen LogP contribution < -0.4 is 14.8 Å². The molecule has 0 saturated heterocycles. The molecule has 0 saturated carbocycles. The van der Waals surface area contributed by atoms with E-state index in [0.29, 0.717) is 28.0 Å². The van der Waals surface area contributed by atoms with Gasteiger partial charge in [0.1, 0.15) is 17.0 Å². The molecule has 0 radical (unpaired) electrons. The number of carbonyl (C=O) groups is 1. The minimum Gasteiger partial charge on any atom is -0.493 e. The zero-order chi connectivity index (χ0) is 18.7. The second-order valence-electron chi connectivity index (χ2n) is 5.57. The highest BCUT2D eigenvalue weighted by molar-refractivity contribution is 7.13. The minimum absolute atomic E-state index is 0.273. The maximum atomic E-state index is 12.5. The van der Waals surface area contributed by atoms with Gasteiger partial charge in [0.05, 0.1) is 25.8 Å². The molecule has 0 fully saturated rings. The number of hydrogen-bond donors (Lipinski definition) is 1. The number of para-hydroxylation sites is 1. The van der Waals surface area contributed by atoms with Gasteiger partial charge in [-0.25, -0.2) is 4.98 Å². The van der Waals surface area contributed by atoms with Crippen LogP contribution in [-0.2, 0) is 7.05 Å². The van der Waals surface area contributed by atoms with Crippen molar-refractivity contribution in [2.45, 2.75) is 13.0 Å². The molecule has 0 aliphatic carbocycles. The fourth-order valence-corrected chi connectivity index (χ4v) is 3.40. The van der Waals surface area contributed by atoms with Crippen molar-refractivity contribution in [1.82, 2.24) is 25.1 Å². The van der Waals surface area contributed by atoms with Crippen LogP contribution in [0, 0.1) is 0 Å². The number of benzene rings is 1. The first kappa shape index (κ1) is 17.9. The van der Waals surface area contributed by atoms with E-state index in [1.165, 1.54) is 11.3 Å². The molecule has 9 heteroatoms. The largest absolute Gasteiger partial charge is 0.493 e. The zero-order valence-electron chi connectivity index (χ0n) is 14.9. The molecule has 3 rings (SSSR count). The van der Waals surface area contributed by atoms with Gasteiger partial charge in [-0.1, -0.05) is 6.07 Å². The fraction of sp³-hybridized carbons (Fsp3) is 0.294. The summed E-state index contributed by atoms with van der Waals surface area (Å²) in [6, 6.07) is 5.26. The van der Waals surface area contributed by atoms with Crippen molar-refractivity contribution in [1.29, 1.82) is 0 Å². The van der Waals surface area contributed by atoms with Gasteiger partial charge in [0, 0.05) is 12.4 Å². The van der Waals surface area contributed by atoms with E-state index in [0.717, 1.165) is 5.56 Å². The van der Waals surface area contributed by atoms with Gasteiger partial charge in [-0.15, -0.1) is 21.5 Å². The highest BCUT2D eigenvalue weighted by Gasteiger charge is 2.20. The SMILES string of the molecule is COc1cccc(-c2nc(C(=O)N[C@@H](C)c3nncn3C)cs2)c1OC. The maximum Gasteiger partial charge on any atom is 0.271 e. The summed E-state index contributed by atoms with van der Waals surface area (Å²) in [7, 11) is 4.98. The molecule has 8 nitrogen and oxygen atoms in total. The first-order valence-electron chi connectivity index (χ1n) is 7.86. The average molecular weight is 373 g/mol. The molecule has 26 heavy (non-hydrogen) atoms. The molecule has 2 heterocycles. The van der Waals surface area contributed by atoms with E-state index in [2.05, 4.69) is 20.5 Å². The van der Waals surface area contributed by atoms with E-state index < -0.39 is 0 Å². The summed E-state index contributed by atoms with van der Waals surface area (Å²) in [4.78, 5) is 17.0. The van der Waals surface area contributed by atoms with Gasteiger partial charge in [0.15, 0.2) is 17.3 Å². The maximum absolute atomic E-state index is 12.5. The Morgan fingerprint density at radius 3 is 2.77 bits per heavy atom. The summed E-state index contributed by atoms with van der Waals surface area (Å²) in [6.45, 7) is 1.85. The molecule has 0 unspecified atom stereocenters. The Hall–Kier alpha value is -2.94. The van der Waals surface area contributed by atoms with Gasteiger partial charge >= 0.3 is 0 Å². The highest BCUT2D eigenvalue weighted by Crippen LogP contribution is 2.38. The van der Waals surface area contributed by atoms with Crippen LogP contribution in [-0.4, -0.2) is 39.9 Å². The molecular weight excluding hydrogens is 354 g/mol. The molecule has 1 amide bonds.